The van der Waals surface area contributed by atoms with Gasteiger partial charge in [-0.15, -0.1) is 0 Å². The smallest absolute Gasteiger partial charge is 0.331 e. The van der Waals surface area contributed by atoms with Crippen LogP contribution in [0.2, 0.25) is 0 Å². The number of hydrogen-bond acceptors (Lipinski definition) is 2. The first kappa shape index (κ1) is 15.7. The Balaban J connectivity index is 3.63. The van der Waals surface area contributed by atoms with Crippen LogP contribution in [0.3, 0.4) is 0 Å². The van der Waals surface area contributed by atoms with Gasteiger partial charge in [0.2, 0.25) is 0 Å². The Hall–Kier alpha value is -1.35. The van der Waals surface area contributed by atoms with Crippen LogP contribution in [0, 0.1) is 0 Å². The average Bonchev–Trinajstić information content (AvgIpc) is 2.30. The van der Waals surface area contributed by atoms with Crippen LogP contribution in [-0.4, -0.2) is 36.1 Å². The number of aliphatic carboxylic acids is 1. The number of allylic oxidation sites excluding steroid dienone is 3. The molecule has 0 spiro atoms. The predicted octanol–water partition coefficient (Wildman–Crippen LogP) is 2.86. The molecule has 0 heterocycles. The molecule has 0 aromatic carbocycles. The molecule has 0 rings (SSSR count). The van der Waals surface area contributed by atoms with Crippen molar-refractivity contribution in [1.82, 2.24) is 4.90 Å². The lowest BCUT2D eigenvalue weighted by molar-refractivity contribution is -0.132. The minimum absolute atomic E-state index is 0.276. The fourth-order valence-electron chi connectivity index (χ4n) is 1.23. The standard InChI is InChI=1S/C14H23NO2/c1-4-5-6-7-8-9-11-15(3)12-10-13(2)14(16)17/h5-8H,2,4,9-12H2,1,3H3,(H,16,17). The number of carbonyl (C=O) groups is 1. The average molecular weight is 237 g/mol. The van der Waals surface area contributed by atoms with E-state index < -0.39 is 5.97 Å². The van der Waals surface area contributed by atoms with Crippen LogP contribution in [0.5, 0.6) is 0 Å². The van der Waals surface area contributed by atoms with Gasteiger partial charge < -0.3 is 10.0 Å². The first-order valence-electron chi connectivity index (χ1n) is 5.99. The highest BCUT2D eigenvalue weighted by Gasteiger charge is 2.04. The minimum atomic E-state index is -0.900. The topological polar surface area (TPSA) is 40.5 Å². The van der Waals surface area contributed by atoms with E-state index >= 15 is 0 Å². The summed E-state index contributed by atoms with van der Waals surface area (Å²) in [5.74, 6) is -0.900. The highest BCUT2D eigenvalue weighted by Crippen LogP contribution is 2.00. The third-order valence-electron chi connectivity index (χ3n) is 2.39. The Kier molecular flexibility index (Phi) is 9.06. The lowest BCUT2D eigenvalue weighted by Crippen LogP contribution is -2.21. The number of carboxylic acids is 1. The van der Waals surface area contributed by atoms with Crippen LogP contribution in [0.1, 0.15) is 26.2 Å². The molecule has 0 aromatic rings. The van der Waals surface area contributed by atoms with Crippen molar-refractivity contribution in [2.45, 2.75) is 26.2 Å². The quantitative estimate of drug-likeness (QED) is 0.495. The zero-order valence-corrected chi connectivity index (χ0v) is 10.9. The molecule has 0 aliphatic carbocycles. The van der Waals surface area contributed by atoms with Gasteiger partial charge in [-0.25, -0.2) is 4.79 Å². The summed E-state index contributed by atoms with van der Waals surface area (Å²) in [5, 5.41) is 8.65. The van der Waals surface area contributed by atoms with E-state index in [9.17, 15) is 4.79 Å². The molecule has 3 heteroatoms. The molecule has 0 aliphatic rings. The molecular formula is C14H23NO2. The van der Waals surface area contributed by atoms with Crippen molar-refractivity contribution < 1.29 is 9.90 Å². The summed E-state index contributed by atoms with van der Waals surface area (Å²) in [6, 6.07) is 0. The lowest BCUT2D eigenvalue weighted by Gasteiger charge is -2.14. The zero-order chi connectivity index (χ0) is 13.1. The van der Waals surface area contributed by atoms with Gasteiger partial charge in [0.15, 0.2) is 0 Å². The molecule has 0 atom stereocenters. The van der Waals surface area contributed by atoms with Gasteiger partial charge in [0.05, 0.1) is 0 Å². The molecule has 0 bridgehead atoms. The van der Waals surface area contributed by atoms with Crippen molar-refractivity contribution in [1.29, 1.82) is 0 Å². The lowest BCUT2D eigenvalue weighted by atomic mass is 10.2. The molecule has 0 unspecified atom stereocenters. The summed E-state index contributed by atoms with van der Waals surface area (Å²) in [5.41, 5.74) is 0.276. The van der Waals surface area contributed by atoms with Crippen molar-refractivity contribution >= 4 is 5.97 Å². The van der Waals surface area contributed by atoms with Gasteiger partial charge >= 0.3 is 5.97 Å². The molecule has 0 fully saturated rings. The van der Waals surface area contributed by atoms with Crippen molar-refractivity contribution in [3.8, 4) is 0 Å². The Morgan fingerprint density at radius 3 is 2.53 bits per heavy atom. The van der Waals surface area contributed by atoms with E-state index in [4.69, 9.17) is 5.11 Å². The summed E-state index contributed by atoms with van der Waals surface area (Å²) >= 11 is 0. The predicted molar refractivity (Wildman–Crippen MR) is 72.1 cm³/mol. The highest BCUT2D eigenvalue weighted by molar-refractivity contribution is 5.85. The summed E-state index contributed by atoms with van der Waals surface area (Å²) < 4.78 is 0. The fourth-order valence-corrected chi connectivity index (χ4v) is 1.23. The van der Waals surface area contributed by atoms with Crippen LogP contribution < -0.4 is 0 Å². The molecule has 0 saturated carbocycles. The van der Waals surface area contributed by atoms with Crippen molar-refractivity contribution in [3.05, 3.63) is 36.5 Å². The van der Waals surface area contributed by atoms with E-state index in [1.54, 1.807) is 0 Å². The summed E-state index contributed by atoms with van der Waals surface area (Å²) in [4.78, 5) is 12.6. The Labute approximate surface area is 104 Å². The summed E-state index contributed by atoms with van der Waals surface area (Å²) in [7, 11) is 1.99. The highest BCUT2D eigenvalue weighted by atomic mass is 16.4. The first-order chi connectivity index (χ1) is 8.07. The number of hydrogen-bond donors (Lipinski definition) is 1. The fraction of sp³-hybridized carbons (Fsp3) is 0.500. The van der Waals surface area contributed by atoms with Crippen LogP contribution in [0.15, 0.2) is 36.5 Å². The maximum atomic E-state index is 10.5. The molecule has 17 heavy (non-hydrogen) atoms. The molecule has 3 nitrogen and oxygen atoms in total. The van der Waals surface area contributed by atoms with E-state index in [1.807, 2.05) is 19.2 Å². The molecule has 0 amide bonds. The largest absolute Gasteiger partial charge is 0.478 e. The van der Waals surface area contributed by atoms with E-state index in [0.717, 1.165) is 25.9 Å². The number of nitrogens with zero attached hydrogens (tertiary/aromatic N) is 1. The van der Waals surface area contributed by atoms with Gasteiger partial charge in [-0.1, -0.05) is 37.8 Å². The summed E-state index contributed by atoms with van der Waals surface area (Å²) in [6.45, 7) is 7.29. The van der Waals surface area contributed by atoms with Crippen LogP contribution >= 0.6 is 0 Å². The molecule has 0 aliphatic heterocycles. The molecular weight excluding hydrogens is 214 g/mol. The Bertz CT molecular complexity index is 293. The van der Waals surface area contributed by atoms with E-state index in [2.05, 4.69) is 30.6 Å². The Morgan fingerprint density at radius 1 is 1.29 bits per heavy atom. The second kappa shape index (κ2) is 9.85. The molecule has 1 N–H and O–H groups in total. The minimum Gasteiger partial charge on any atom is -0.478 e. The monoisotopic (exact) mass is 237 g/mol. The van der Waals surface area contributed by atoms with Gasteiger partial charge in [-0.05, 0) is 26.3 Å². The van der Waals surface area contributed by atoms with Crippen molar-refractivity contribution in [2.24, 2.45) is 0 Å². The second-order valence-corrected chi connectivity index (χ2v) is 4.02. The van der Waals surface area contributed by atoms with Crippen LogP contribution in [-0.2, 0) is 4.79 Å². The van der Waals surface area contributed by atoms with E-state index in [1.165, 1.54) is 0 Å². The van der Waals surface area contributed by atoms with Gasteiger partial charge in [0, 0.05) is 18.7 Å². The van der Waals surface area contributed by atoms with Gasteiger partial charge in [-0.3, -0.25) is 0 Å². The van der Waals surface area contributed by atoms with Crippen molar-refractivity contribution in [3.63, 3.8) is 0 Å². The van der Waals surface area contributed by atoms with Crippen LogP contribution in [0.25, 0.3) is 0 Å². The molecule has 0 saturated heterocycles. The van der Waals surface area contributed by atoms with Gasteiger partial charge in [-0.2, -0.15) is 0 Å². The van der Waals surface area contributed by atoms with Crippen molar-refractivity contribution in [2.75, 3.05) is 20.1 Å². The maximum absolute atomic E-state index is 10.5. The third kappa shape index (κ3) is 9.57. The Morgan fingerprint density at radius 2 is 1.94 bits per heavy atom. The maximum Gasteiger partial charge on any atom is 0.331 e. The van der Waals surface area contributed by atoms with E-state index in [0.29, 0.717) is 6.42 Å². The molecule has 0 radical (unpaired) electrons. The molecule has 0 aromatic heterocycles. The number of rotatable bonds is 9. The number of carboxylic acid groups (broad SMARTS) is 1. The second-order valence-electron chi connectivity index (χ2n) is 4.02. The molecule has 96 valence electrons. The van der Waals surface area contributed by atoms with E-state index in [-0.39, 0.29) is 5.57 Å². The normalized spacial score (nSPS) is 11.7. The summed E-state index contributed by atoms with van der Waals surface area (Å²) in [6.07, 6.45) is 10.9. The zero-order valence-electron chi connectivity index (χ0n) is 10.9. The van der Waals surface area contributed by atoms with Crippen LogP contribution in [0.4, 0.5) is 0 Å². The third-order valence-corrected chi connectivity index (χ3v) is 2.39. The SMILES string of the molecule is C=C(CCN(C)CCC=CC=CCC)C(=O)O. The first-order valence-corrected chi connectivity index (χ1v) is 5.99. The van der Waals surface area contributed by atoms with Gasteiger partial charge in [0.1, 0.15) is 0 Å². The van der Waals surface area contributed by atoms with Gasteiger partial charge in [0.25, 0.3) is 0 Å².